The minimum atomic E-state index is -0.892. The molecule has 0 radical (unpaired) electrons. The Morgan fingerprint density at radius 3 is 2.72 bits per heavy atom. The molecule has 0 saturated heterocycles. The predicted octanol–water partition coefficient (Wildman–Crippen LogP) is 3.69. The SMILES string of the molecule is CN=Cc1n[nH]nc1-c1cc(C)cc(OCc2ccc(F)c(F)c2)c1. The van der Waals surface area contributed by atoms with E-state index in [0.29, 0.717) is 22.7 Å². The summed E-state index contributed by atoms with van der Waals surface area (Å²) in [6.45, 7) is 2.06. The number of nitrogens with one attached hydrogen (secondary N) is 1. The van der Waals surface area contributed by atoms with Crippen molar-refractivity contribution in [1.29, 1.82) is 0 Å². The van der Waals surface area contributed by atoms with E-state index in [-0.39, 0.29) is 6.61 Å². The molecule has 7 heteroatoms. The van der Waals surface area contributed by atoms with Gasteiger partial charge in [0.2, 0.25) is 0 Å². The Labute approximate surface area is 143 Å². The molecule has 0 amide bonds. The summed E-state index contributed by atoms with van der Waals surface area (Å²) in [5.41, 5.74) is 3.62. The van der Waals surface area contributed by atoms with Crippen molar-refractivity contribution < 1.29 is 13.5 Å². The van der Waals surface area contributed by atoms with Crippen LogP contribution in [0.15, 0.2) is 41.4 Å². The van der Waals surface area contributed by atoms with Gasteiger partial charge >= 0.3 is 0 Å². The average molecular weight is 342 g/mol. The second kappa shape index (κ2) is 7.21. The third-order valence-electron chi connectivity index (χ3n) is 3.54. The largest absolute Gasteiger partial charge is 0.489 e. The Morgan fingerprint density at radius 1 is 1.12 bits per heavy atom. The number of nitrogens with zero attached hydrogens (tertiary/aromatic N) is 3. The molecular weight excluding hydrogens is 326 g/mol. The van der Waals surface area contributed by atoms with Crippen molar-refractivity contribution in [3.8, 4) is 17.0 Å². The van der Waals surface area contributed by atoms with Gasteiger partial charge in [-0.2, -0.15) is 15.4 Å². The molecule has 5 nitrogen and oxygen atoms in total. The first-order chi connectivity index (χ1) is 12.1. The van der Waals surface area contributed by atoms with Gasteiger partial charge in [0.05, 0.1) is 6.21 Å². The first-order valence-electron chi connectivity index (χ1n) is 7.58. The molecular formula is C18H16F2N4O. The third-order valence-corrected chi connectivity index (χ3v) is 3.54. The van der Waals surface area contributed by atoms with Crippen LogP contribution in [0.1, 0.15) is 16.8 Å². The van der Waals surface area contributed by atoms with Crippen LogP contribution >= 0.6 is 0 Å². The molecule has 0 saturated carbocycles. The van der Waals surface area contributed by atoms with E-state index in [1.165, 1.54) is 6.07 Å². The van der Waals surface area contributed by atoms with Crippen molar-refractivity contribution in [2.75, 3.05) is 7.05 Å². The van der Waals surface area contributed by atoms with Crippen LogP contribution in [0.5, 0.6) is 5.75 Å². The summed E-state index contributed by atoms with van der Waals surface area (Å²) in [5.74, 6) is -1.17. The zero-order chi connectivity index (χ0) is 17.8. The van der Waals surface area contributed by atoms with Crippen molar-refractivity contribution in [2.45, 2.75) is 13.5 Å². The van der Waals surface area contributed by atoms with Gasteiger partial charge in [-0.25, -0.2) is 8.78 Å². The monoisotopic (exact) mass is 342 g/mol. The number of benzene rings is 2. The number of rotatable bonds is 5. The van der Waals surface area contributed by atoms with Gasteiger partial charge in [0.25, 0.3) is 0 Å². The molecule has 0 fully saturated rings. The fraction of sp³-hybridized carbons (Fsp3) is 0.167. The van der Waals surface area contributed by atoms with Crippen LogP contribution in [-0.4, -0.2) is 28.7 Å². The highest BCUT2D eigenvalue weighted by atomic mass is 19.2. The number of hydrogen-bond acceptors (Lipinski definition) is 4. The van der Waals surface area contributed by atoms with Crippen LogP contribution in [0.3, 0.4) is 0 Å². The van der Waals surface area contributed by atoms with Crippen LogP contribution in [0.25, 0.3) is 11.3 Å². The van der Waals surface area contributed by atoms with Gasteiger partial charge < -0.3 is 4.74 Å². The Hall–Kier alpha value is -3.09. The highest BCUT2D eigenvalue weighted by Gasteiger charge is 2.11. The molecule has 0 spiro atoms. The molecule has 0 unspecified atom stereocenters. The van der Waals surface area contributed by atoms with Gasteiger partial charge in [0.15, 0.2) is 11.6 Å². The van der Waals surface area contributed by atoms with Gasteiger partial charge in [0.1, 0.15) is 23.7 Å². The van der Waals surface area contributed by atoms with Crippen LogP contribution in [-0.2, 0) is 6.61 Å². The number of halogens is 2. The normalized spacial score (nSPS) is 11.2. The van der Waals surface area contributed by atoms with Crippen LogP contribution in [0, 0.1) is 18.6 Å². The number of ether oxygens (including phenoxy) is 1. The number of H-pyrrole nitrogens is 1. The lowest BCUT2D eigenvalue weighted by molar-refractivity contribution is 0.305. The standard InChI is InChI=1S/C18H16F2N4O/c1-11-5-13(18-17(9-21-2)22-24-23-18)8-14(6-11)25-10-12-3-4-15(19)16(20)7-12/h3-9H,10H2,1-2H3,(H,22,23,24). The Kier molecular flexibility index (Phi) is 4.83. The van der Waals surface area contributed by atoms with E-state index in [4.69, 9.17) is 4.74 Å². The maximum atomic E-state index is 13.3. The van der Waals surface area contributed by atoms with E-state index < -0.39 is 11.6 Å². The highest BCUT2D eigenvalue weighted by molar-refractivity contribution is 5.86. The lowest BCUT2D eigenvalue weighted by atomic mass is 10.1. The predicted molar refractivity (Wildman–Crippen MR) is 90.8 cm³/mol. The Balaban J connectivity index is 1.84. The molecule has 3 aromatic rings. The van der Waals surface area contributed by atoms with E-state index in [1.54, 1.807) is 13.3 Å². The fourth-order valence-corrected chi connectivity index (χ4v) is 2.43. The molecule has 1 aromatic heterocycles. The summed E-state index contributed by atoms with van der Waals surface area (Å²) in [5, 5.41) is 10.8. The number of aryl methyl sites for hydroxylation is 1. The molecule has 0 atom stereocenters. The van der Waals surface area contributed by atoms with Crippen molar-refractivity contribution in [3.05, 3.63) is 64.9 Å². The zero-order valence-electron chi connectivity index (χ0n) is 13.8. The van der Waals surface area contributed by atoms with E-state index in [2.05, 4.69) is 20.4 Å². The highest BCUT2D eigenvalue weighted by Crippen LogP contribution is 2.26. The molecule has 128 valence electrons. The van der Waals surface area contributed by atoms with E-state index in [1.807, 2.05) is 25.1 Å². The summed E-state index contributed by atoms with van der Waals surface area (Å²) >= 11 is 0. The smallest absolute Gasteiger partial charge is 0.159 e. The molecule has 0 aliphatic carbocycles. The molecule has 25 heavy (non-hydrogen) atoms. The first-order valence-corrected chi connectivity index (χ1v) is 7.58. The molecule has 1 N–H and O–H groups in total. The maximum absolute atomic E-state index is 13.3. The van der Waals surface area contributed by atoms with Crippen molar-refractivity contribution >= 4 is 6.21 Å². The summed E-state index contributed by atoms with van der Waals surface area (Å²) in [7, 11) is 1.66. The summed E-state index contributed by atoms with van der Waals surface area (Å²) in [6.07, 6.45) is 1.61. The number of aromatic nitrogens is 3. The van der Waals surface area contributed by atoms with Gasteiger partial charge in [-0.05, 0) is 48.4 Å². The lowest BCUT2D eigenvalue weighted by Crippen LogP contribution is -1.98. The van der Waals surface area contributed by atoms with Gasteiger partial charge in [-0.3, -0.25) is 4.99 Å². The van der Waals surface area contributed by atoms with E-state index in [9.17, 15) is 8.78 Å². The van der Waals surface area contributed by atoms with E-state index >= 15 is 0 Å². The summed E-state index contributed by atoms with van der Waals surface area (Å²) in [6, 6.07) is 9.33. The van der Waals surface area contributed by atoms with Crippen LogP contribution in [0.2, 0.25) is 0 Å². The number of aliphatic imine (C=N–C) groups is 1. The third kappa shape index (κ3) is 3.88. The van der Waals surface area contributed by atoms with E-state index in [0.717, 1.165) is 23.3 Å². The van der Waals surface area contributed by atoms with Gasteiger partial charge in [0, 0.05) is 12.6 Å². The minimum absolute atomic E-state index is 0.127. The first kappa shape index (κ1) is 16.8. The molecule has 2 aromatic carbocycles. The Bertz CT molecular complexity index is 921. The van der Waals surface area contributed by atoms with Gasteiger partial charge in [-0.15, -0.1) is 0 Å². The second-order valence-electron chi connectivity index (χ2n) is 5.52. The van der Waals surface area contributed by atoms with Crippen molar-refractivity contribution in [1.82, 2.24) is 15.4 Å². The maximum Gasteiger partial charge on any atom is 0.159 e. The Morgan fingerprint density at radius 2 is 1.96 bits per heavy atom. The second-order valence-corrected chi connectivity index (χ2v) is 5.52. The van der Waals surface area contributed by atoms with Gasteiger partial charge in [-0.1, -0.05) is 6.07 Å². The molecule has 0 aliphatic heterocycles. The van der Waals surface area contributed by atoms with Crippen molar-refractivity contribution in [3.63, 3.8) is 0 Å². The molecule has 1 heterocycles. The topological polar surface area (TPSA) is 63.2 Å². The lowest BCUT2D eigenvalue weighted by Gasteiger charge is -2.09. The summed E-state index contributed by atoms with van der Waals surface area (Å²) < 4.78 is 32.0. The van der Waals surface area contributed by atoms with Crippen molar-refractivity contribution in [2.24, 2.45) is 4.99 Å². The quantitative estimate of drug-likeness (QED) is 0.719. The number of aromatic amines is 1. The van der Waals surface area contributed by atoms with Crippen LogP contribution < -0.4 is 4.74 Å². The average Bonchev–Trinajstić information content (AvgIpc) is 3.04. The molecule has 3 rings (SSSR count). The fourth-order valence-electron chi connectivity index (χ4n) is 2.43. The minimum Gasteiger partial charge on any atom is -0.489 e. The molecule has 0 bridgehead atoms. The zero-order valence-corrected chi connectivity index (χ0v) is 13.8. The summed E-state index contributed by atoms with van der Waals surface area (Å²) in [4.78, 5) is 3.96. The number of hydrogen-bond donors (Lipinski definition) is 1. The van der Waals surface area contributed by atoms with Crippen LogP contribution in [0.4, 0.5) is 8.78 Å². The molecule has 0 aliphatic rings.